The summed E-state index contributed by atoms with van der Waals surface area (Å²) in [7, 11) is 6.35. The van der Waals surface area contributed by atoms with E-state index in [4.69, 9.17) is 23.7 Å². The summed E-state index contributed by atoms with van der Waals surface area (Å²) in [5.41, 5.74) is 1.71. The Morgan fingerprint density at radius 2 is 1.25 bits per heavy atom. The lowest BCUT2D eigenvalue weighted by Gasteiger charge is -2.20. The Labute approximate surface area is 165 Å². The van der Waals surface area contributed by atoms with E-state index < -0.39 is 0 Å². The highest BCUT2D eigenvalue weighted by Gasteiger charge is 2.42. The van der Waals surface area contributed by atoms with Crippen molar-refractivity contribution in [3.63, 3.8) is 0 Å². The number of rotatable bonds is 6. The van der Waals surface area contributed by atoms with Crippen molar-refractivity contribution in [1.82, 2.24) is 0 Å². The molecule has 0 saturated carbocycles. The molecule has 6 heteroatoms. The third-order valence-electron chi connectivity index (χ3n) is 5.65. The molecule has 0 bridgehead atoms. The lowest BCUT2D eigenvalue weighted by atomic mass is 9.85. The SMILES string of the molecule is COc1ccc(C2OC(c3cc(OC)c(OC)cc3O)C(C)C2C)cc1OC. The maximum absolute atomic E-state index is 10.6. The van der Waals surface area contributed by atoms with Gasteiger partial charge in [-0.3, -0.25) is 0 Å². The molecule has 0 aliphatic carbocycles. The van der Waals surface area contributed by atoms with Crippen molar-refractivity contribution >= 4 is 0 Å². The zero-order valence-electron chi connectivity index (χ0n) is 17.2. The molecule has 1 heterocycles. The van der Waals surface area contributed by atoms with Crippen molar-refractivity contribution in [2.45, 2.75) is 26.1 Å². The van der Waals surface area contributed by atoms with Gasteiger partial charge in [0.2, 0.25) is 0 Å². The standard InChI is InChI=1S/C22H28O6/c1-12-13(2)22(15-10-19(26-5)20(27-6)11-16(15)23)28-21(12)14-7-8-17(24-3)18(9-14)25-4/h7-13,21-23H,1-6H3. The number of methoxy groups -OCH3 is 4. The van der Waals surface area contributed by atoms with Crippen LogP contribution in [0.3, 0.4) is 0 Å². The maximum atomic E-state index is 10.6. The van der Waals surface area contributed by atoms with E-state index in [1.807, 2.05) is 18.2 Å². The van der Waals surface area contributed by atoms with Gasteiger partial charge >= 0.3 is 0 Å². The van der Waals surface area contributed by atoms with Crippen LogP contribution in [0.15, 0.2) is 30.3 Å². The van der Waals surface area contributed by atoms with Gasteiger partial charge in [0.25, 0.3) is 0 Å². The van der Waals surface area contributed by atoms with Gasteiger partial charge in [-0.15, -0.1) is 0 Å². The third-order valence-corrected chi connectivity index (χ3v) is 5.65. The number of ether oxygens (including phenoxy) is 5. The van der Waals surface area contributed by atoms with Gasteiger partial charge in [0.05, 0.1) is 40.6 Å². The fourth-order valence-corrected chi connectivity index (χ4v) is 3.84. The minimum absolute atomic E-state index is 0.132. The van der Waals surface area contributed by atoms with Gasteiger partial charge < -0.3 is 28.8 Å². The summed E-state index contributed by atoms with van der Waals surface area (Å²) in [6.07, 6.45) is -0.403. The van der Waals surface area contributed by atoms with Gasteiger partial charge in [-0.2, -0.15) is 0 Å². The summed E-state index contributed by atoms with van der Waals surface area (Å²) in [5, 5.41) is 10.6. The second kappa shape index (κ2) is 8.19. The Balaban J connectivity index is 1.95. The van der Waals surface area contributed by atoms with Crippen LogP contribution in [0.1, 0.15) is 37.2 Å². The highest BCUT2D eigenvalue weighted by atomic mass is 16.5. The summed E-state index contributed by atoms with van der Waals surface area (Å²) in [6.45, 7) is 4.29. The van der Waals surface area contributed by atoms with E-state index >= 15 is 0 Å². The van der Waals surface area contributed by atoms with E-state index in [0.717, 1.165) is 5.56 Å². The molecule has 1 saturated heterocycles. The fraction of sp³-hybridized carbons (Fsp3) is 0.455. The van der Waals surface area contributed by atoms with Crippen molar-refractivity contribution in [3.05, 3.63) is 41.5 Å². The molecule has 3 rings (SSSR count). The van der Waals surface area contributed by atoms with Crippen LogP contribution >= 0.6 is 0 Å². The molecular weight excluding hydrogens is 360 g/mol. The van der Waals surface area contributed by atoms with Gasteiger partial charge in [-0.25, -0.2) is 0 Å². The molecule has 2 aromatic carbocycles. The molecule has 4 atom stereocenters. The monoisotopic (exact) mass is 388 g/mol. The first-order chi connectivity index (χ1) is 13.4. The first-order valence-corrected chi connectivity index (χ1v) is 9.27. The van der Waals surface area contributed by atoms with E-state index in [-0.39, 0.29) is 29.8 Å². The highest BCUT2D eigenvalue weighted by Crippen LogP contribution is 2.52. The molecule has 2 aromatic rings. The summed E-state index contributed by atoms with van der Waals surface area (Å²) >= 11 is 0. The first-order valence-electron chi connectivity index (χ1n) is 9.27. The Morgan fingerprint density at radius 3 is 1.86 bits per heavy atom. The van der Waals surface area contributed by atoms with Crippen molar-refractivity contribution in [2.75, 3.05) is 28.4 Å². The van der Waals surface area contributed by atoms with Crippen LogP contribution in [0.2, 0.25) is 0 Å². The van der Waals surface area contributed by atoms with Gasteiger partial charge in [0.1, 0.15) is 5.75 Å². The summed E-state index contributed by atoms with van der Waals surface area (Å²) < 4.78 is 27.9. The largest absolute Gasteiger partial charge is 0.507 e. The molecule has 1 fully saturated rings. The van der Waals surface area contributed by atoms with Crippen LogP contribution in [-0.2, 0) is 4.74 Å². The third kappa shape index (κ3) is 3.44. The van der Waals surface area contributed by atoms with Gasteiger partial charge in [0.15, 0.2) is 23.0 Å². The second-order valence-corrected chi connectivity index (χ2v) is 7.08. The molecule has 1 aliphatic rings. The zero-order valence-corrected chi connectivity index (χ0v) is 17.2. The molecule has 0 radical (unpaired) electrons. The molecule has 152 valence electrons. The van der Waals surface area contributed by atoms with Gasteiger partial charge in [-0.05, 0) is 35.6 Å². The summed E-state index contributed by atoms with van der Waals surface area (Å²) in [4.78, 5) is 0. The van der Waals surface area contributed by atoms with Crippen LogP contribution in [0.5, 0.6) is 28.7 Å². The number of aromatic hydroxyl groups is 1. The van der Waals surface area contributed by atoms with Gasteiger partial charge in [0, 0.05) is 11.6 Å². The van der Waals surface area contributed by atoms with E-state index in [9.17, 15) is 5.11 Å². The summed E-state index contributed by atoms with van der Waals surface area (Å²) in [6, 6.07) is 9.18. The van der Waals surface area contributed by atoms with E-state index in [1.165, 1.54) is 0 Å². The van der Waals surface area contributed by atoms with Crippen LogP contribution in [0.25, 0.3) is 0 Å². The van der Waals surface area contributed by atoms with Crippen molar-refractivity contribution in [2.24, 2.45) is 11.8 Å². The van der Waals surface area contributed by atoms with Crippen molar-refractivity contribution in [3.8, 4) is 28.7 Å². The predicted molar refractivity (Wildman–Crippen MR) is 106 cm³/mol. The molecule has 1 aliphatic heterocycles. The molecular formula is C22H28O6. The minimum atomic E-state index is -0.270. The highest BCUT2D eigenvalue weighted by molar-refractivity contribution is 5.51. The average molecular weight is 388 g/mol. The minimum Gasteiger partial charge on any atom is -0.507 e. The summed E-state index contributed by atoms with van der Waals surface area (Å²) in [5.74, 6) is 2.94. The normalized spacial score (nSPS) is 24.1. The number of phenols is 1. The zero-order chi connectivity index (χ0) is 20.4. The predicted octanol–water partition coefficient (Wildman–Crippen LogP) is 4.51. The molecule has 1 N–H and O–H groups in total. The van der Waals surface area contributed by atoms with E-state index in [1.54, 1.807) is 40.6 Å². The lowest BCUT2D eigenvalue weighted by molar-refractivity contribution is 0.0275. The second-order valence-electron chi connectivity index (χ2n) is 7.08. The topological polar surface area (TPSA) is 66.4 Å². The van der Waals surface area contributed by atoms with Gasteiger partial charge in [-0.1, -0.05) is 19.9 Å². The van der Waals surface area contributed by atoms with E-state index in [0.29, 0.717) is 28.6 Å². The number of benzene rings is 2. The fourth-order valence-electron chi connectivity index (χ4n) is 3.84. The Morgan fingerprint density at radius 1 is 0.714 bits per heavy atom. The van der Waals surface area contributed by atoms with Crippen LogP contribution < -0.4 is 18.9 Å². The van der Waals surface area contributed by atoms with Crippen LogP contribution in [0.4, 0.5) is 0 Å². The molecule has 4 unspecified atom stereocenters. The molecule has 6 nitrogen and oxygen atoms in total. The average Bonchev–Trinajstić information content (AvgIpc) is 3.01. The lowest BCUT2D eigenvalue weighted by Crippen LogP contribution is -2.10. The first kappa shape index (κ1) is 20.1. The molecule has 0 spiro atoms. The maximum Gasteiger partial charge on any atom is 0.164 e. The Hall–Kier alpha value is -2.60. The molecule has 0 amide bonds. The number of hydrogen-bond acceptors (Lipinski definition) is 6. The number of hydrogen-bond donors (Lipinski definition) is 1. The smallest absolute Gasteiger partial charge is 0.164 e. The Bertz CT molecular complexity index is 834. The number of phenolic OH excluding ortho intramolecular Hbond substituents is 1. The quantitative estimate of drug-likeness (QED) is 0.785. The van der Waals surface area contributed by atoms with Crippen LogP contribution in [-0.4, -0.2) is 33.5 Å². The van der Waals surface area contributed by atoms with Crippen molar-refractivity contribution in [1.29, 1.82) is 0 Å². The van der Waals surface area contributed by atoms with Crippen LogP contribution in [0, 0.1) is 11.8 Å². The Kier molecular flexibility index (Phi) is 5.89. The molecule has 28 heavy (non-hydrogen) atoms. The van der Waals surface area contributed by atoms with Crippen molar-refractivity contribution < 1.29 is 28.8 Å². The molecule has 0 aromatic heterocycles. The van der Waals surface area contributed by atoms with E-state index in [2.05, 4.69) is 13.8 Å².